The molecule has 158 valence electrons. The third kappa shape index (κ3) is 4.83. The Morgan fingerprint density at radius 3 is 2.53 bits per heavy atom. The van der Waals surface area contributed by atoms with Crippen molar-refractivity contribution >= 4 is 29.0 Å². The third-order valence-corrected chi connectivity index (χ3v) is 5.51. The topological polar surface area (TPSA) is 63.3 Å². The summed E-state index contributed by atoms with van der Waals surface area (Å²) in [4.78, 5) is 16.3. The molecular weight excluding hydrogens is 402 g/mol. The number of esters is 1. The number of hydrogen-bond acceptors (Lipinski definition) is 6. The van der Waals surface area contributed by atoms with Gasteiger partial charge in [0.25, 0.3) is 0 Å². The van der Waals surface area contributed by atoms with E-state index in [-0.39, 0.29) is 5.97 Å². The van der Waals surface area contributed by atoms with Crippen molar-refractivity contribution in [2.75, 3.05) is 44.9 Å². The van der Waals surface area contributed by atoms with Gasteiger partial charge in [-0.15, -0.1) is 0 Å². The monoisotopic (exact) mass is 427 g/mol. The summed E-state index contributed by atoms with van der Waals surface area (Å²) in [5, 5.41) is 3.95. The summed E-state index contributed by atoms with van der Waals surface area (Å²) in [6.07, 6.45) is 0. The molecule has 0 bridgehead atoms. The average Bonchev–Trinajstić information content (AvgIpc) is 3.23. The Labute approximate surface area is 181 Å². The van der Waals surface area contributed by atoms with Crippen molar-refractivity contribution in [1.82, 2.24) is 9.80 Å². The van der Waals surface area contributed by atoms with Gasteiger partial charge in [-0.05, 0) is 61.1 Å². The Morgan fingerprint density at radius 1 is 1.07 bits per heavy atom. The number of nitrogens with zero attached hydrogens (tertiary/aromatic N) is 2. The fourth-order valence-electron chi connectivity index (χ4n) is 3.51. The zero-order chi connectivity index (χ0) is 20.9. The number of carbonyl (C=O) groups is 1. The number of piperazine rings is 1. The lowest BCUT2D eigenvalue weighted by atomic mass is 10.1. The summed E-state index contributed by atoms with van der Waals surface area (Å²) in [5.41, 5.74) is 2.61. The number of fused-ring (bicyclic) bond motifs is 1. The summed E-state index contributed by atoms with van der Waals surface area (Å²) >= 11 is 5.58. The predicted octanol–water partition coefficient (Wildman–Crippen LogP) is 3.11. The van der Waals surface area contributed by atoms with Crippen LogP contribution in [0, 0.1) is 0 Å². The maximum atomic E-state index is 11.7. The van der Waals surface area contributed by atoms with E-state index in [1.807, 2.05) is 18.2 Å². The SMILES string of the molecule is CCOC(=O)c1ccc(NC(=S)N2CCN(Cc3ccc4c(c3)OCO4)CC2)cc1. The molecule has 1 saturated heterocycles. The molecule has 0 aromatic heterocycles. The maximum absolute atomic E-state index is 11.7. The van der Waals surface area contributed by atoms with E-state index >= 15 is 0 Å². The van der Waals surface area contributed by atoms with Gasteiger partial charge in [0.15, 0.2) is 16.6 Å². The van der Waals surface area contributed by atoms with Crippen molar-refractivity contribution in [2.45, 2.75) is 13.5 Å². The maximum Gasteiger partial charge on any atom is 0.338 e. The van der Waals surface area contributed by atoms with Gasteiger partial charge in [-0.3, -0.25) is 4.90 Å². The highest BCUT2D eigenvalue weighted by molar-refractivity contribution is 7.80. The van der Waals surface area contributed by atoms with E-state index in [4.69, 9.17) is 26.4 Å². The Bertz CT molecular complexity index is 911. The fourth-order valence-corrected chi connectivity index (χ4v) is 3.81. The lowest BCUT2D eigenvalue weighted by molar-refractivity contribution is 0.0526. The van der Waals surface area contributed by atoms with Crippen LogP contribution in [0.5, 0.6) is 11.5 Å². The number of benzene rings is 2. The van der Waals surface area contributed by atoms with Gasteiger partial charge in [0.2, 0.25) is 6.79 Å². The molecule has 2 aliphatic rings. The van der Waals surface area contributed by atoms with Gasteiger partial charge in [-0.2, -0.15) is 0 Å². The average molecular weight is 428 g/mol. The van der Waals surface area contributed by atoms with Crippen molar-refractivity contribution in [1.29, 1.82) is 0 Å². The predicted molar refractivity (Wildman–Crippen MR) is 118 cm³/mol. The quantitative estimate of drug-likeness (QED) is 0.577. The zero-order valence-electron chi connectivity index (χ0n) is 16.9. The number of anilines is 1. The lowest BCUT2D eigenvalue weighted by Crippen LogP contribution is -2.49. The molecule has 7 nitrogen and oxygen atoms in total. The Kier molecular flexibility index (Phi) is 6.35. The summed E-state index contributed by atoms with van der Waals surface area (Å²) in [5.74, 6) is 1.32. The highest BCUT2D eigenvalue weighted by Crippen LogP contribution is 2.32. The van der Waals surface area contributed by atoms with Crippen LogP contribution in [0.25, 0.3) is 0 Å². The molecular formula is C22H25N3O4S. The first-order valence-corrected chi connectivity index (χ1v) is 10.5. The molecule has 1 N–H and O–H groups in total. The Morgan fingerprint density at radius 2 is 1.80 bits per heavy atom. The molecule has 0 unspecified atom stereocenters. The van der Waals surface area contributed by atoms with E-state index in [1.54, 1.807) is 19.1 Å². The summed E-state index contributed by atoms with van der Waals surface area (Å²) in [6.45, 7) is 6.91. The van der Waals surface area contributed by atoms with Crippen molar-refractivity contribution in [2.24, 2.45) is 0 Å². The van der Waals surface area contributed by atoms with Gasteiger partial charge in [-0.1, -0.05) is 6.07 Å². The first-order valence-electron chi connectivity index (χ1n) is 10.1. The van der Waals surface area contributed by atoms with Crippen molar-refractivity contribution in [3.63, 3.8) is 0 Å². The summed E-state index contributed by atoms with van der Waals surface area (Å²) < 4.78 is 15.8. The van der Waals surface area contributed by atoms with Crippen LogP contribution in [0.4, 0.5) is 5.69 Å². The highest BCUT2D eigenvalue weighted by atomic mass is 32.1. The van der Waals surface area contributed by atoms with Gasteiger partial charge < -0.3 is 24.4 Å². The molecule has 1 fully saturated rings. The smallest absolute Gasteiger partial charge is 0.338 e. The Hall–Kier alpha value is -2.84. The van der Waals surface area contributed by atoms with Gasteiger partial charge in [0, 0.05) is 38.4 Å². The first kappa shape index (κ1) is 20.4. The van der Waals surface area contributed by atoms with E-state index in [2.05, 4.69) is 27.2 Å². The molecule has 2 aromatic carbocycles. The molecule has 4 rings (SSSR count). The van der Waals surface area contributed by atoms with Crippen molar-refractivity contribution < 1.29 is 19.0 Å². The normalized spacial score (nSPS) is 15.7. The van der Waals surface area contributed by atoms with E-state index in [0.717, 1.165) is 49.9 Å². The lowest BCUT2D eigenvalue weighted by Gasteiger charge is -2.36. The Balaban J connectivity index is 1.25. The number of thiocarbonyl (C=S) groups is 1. The minimum atomic E-state index is -0.315. The van der Waals surface area contributed by atoms with E-state index < -0.39 is 0 Å². The van der Waals surface area contributed by atoms with Crippen LogP contribution in [0.3, 0.4) is 0 Å². The highest BCUT2D eigenvalue weighted by Gasteiger charge is 2.20. The molecule has 2 aliphatic heterocycles. The second kappa shape index (κ2) is 9.32. The second-order valence-electron chi connectivity index (χ2n) is 7.18. The van der Waals surface area contributed by atoms with Crippen molar-refractivity contribution in [3.05, 3.63) is 53.6 Å². The standard InChI is InChI=1S/C22H25N3O4S/c1-2-27-21(26)17-4-6-18(7-5-17)23-22(30)25-11-9-24(10-12-25)14-16-3-8-19-20(13-16)29-15-28-19/h3-8,13H,2,9-12,14-15H2,1H3,(H,23,30). The van der Waals surface area contributed by atoms with Gasteiger partial charge >= 0.3 is 5.97 Å². The number of ether oxygens (including phenoxy) is 3. The molecule has 0 aliphatic carbocycles. The third-order valence-electron chi connectivity index (χ3n) is 5.15. The fraction of sp³-hybridized carbons (Fsp3) is 0.364. The second-order valence-corrected chi connectivity index (χ2v) is 7.57. The van der Waals surface area contributed by atoms with Gasteiger partial charge in [-0.25, -0.2) is 4.79 Å². The van der Waals surface area contributed by atoms with Gasteiger partial charge in [0.05, 0.1) is 12.2 Å². The van der Waals surface area contributed by atoms with E-state index in [0.29, 0.717) is 24.1 Å². The molecule has 30 heavy (non-hydrogen) atoms. The molecule has 0 radical (unpaired) electrons. The number of hydrogen-bond donors (Lipinski definition) is 1. The van der Waals surface area contributed by atoms with Gasteiger partial charge in [0.1, 0.15) is 0 Å². The molecule has 0 saturated carbocycles. The minimum absolute atomic E-state index is 0.299. The van der Waals surface area contributed by atoms with Crippen LogP contribution in [-0.2, 0) is 11.3 Å². The first-order chi connectivity index (χ1) is 14.6. The van der Waals surface area contributed by atoms with Crippen LogP contribution >= 0.6 is 12.2 Å². The van der Waals surface area contributed by atoms with E-state index in [1.165, 1.54) is 5.56 Å². The van der Waals surface area contributed by atoms with E-state index in [9.17, 15) is 4.79 Å². The molecule has 0 atom stereocenters. The number of nitrogens with one attached hydrogen (secondary N) is 1. The summed E-state index contributed by atoms with van der Waals surface area (Å²) in [7, 11) is 0. The largest absolute Gasteiger partial charge is 0.462 e. The zero-order valence-corrected chi connectivity index (χ0v) is 17.7. The summed E-state index contributed by atoms with van der Waals surface area (Å²) in [6, 6.07) is 13.3. The van der Waals surface area contributed by atoms with Crippen LogP contribution < -0.4 is 14.8 Å². The molecule has 2 aromatic rings. The van der Waals surface area contributed by atoms with Crippen LogP contribution in [0.15, 0.2) is 42.5 Å². The molecule has 0 amide bonds. The van der Waals surface area contributed by atoms with Crippen molar-refractivity contribution in [3.8, 4) is 11.5 Å². The van der Waals surface area contributed by atoms with Crippen LogP contribution in [0.1, 0.15) is 22.8 Å². The minimum Gasteiger partial charge on any atom is -0.462 e. The molecule has 2 heterocycles. The van der Waals surface area contributed by atoms with Crippen LogP contribution in [-0.4, -0.2) is 60.5 Å². The van der Waals surface area contributed by atoms with Crippen LogP contribution in [0.2, 0.25) is 0 Å². The number of rotatable bonds is 5. The molecule has 0 spiro atoms. The molecule has 8 heteroatoms. The number of carbonyl (C=O) groups excluding carboxylic acids is 1.